The molecule has 0 radical (unpaired) electrons. The molecule has 0 bridgehead atoms. The van der Waals surface area contributed by atoms with Crippen LogP contribution < -0.4 is 5.32 Å². The van der Waals surface area contributed by atoms with Crippen LogP contribution in [0.2, 0.25) is 0 Å². The molecule has 4 nitrogen and oxygen atoms in total. The van der Waals surface area contributed by atoms with Gasteiger partial charge in [0.2, 0.25) is 0 Å². The molecule has 5 heteroatoms. The van der Waals surface area contributed by atoms with Gasteiger partial charge in [0.05, 0.1) is 17.9 Å². The van der Waals surface area contributed by atoms with Crippen LogP contribution in [-0.4, -0.2) is 14.5 Å². The number of fused-ring (bicyclic) bond motifs is 1. The van der Waals surface area contributed by atoms with Gasteiger partial charge >= 0.3 is 0 Å². The van der Waals surface area contributed by atoms with E-state index in [9.17, 15) is 5.11 Å². The SMILES string of the molecule is Cc1cc(NCc2c(C)nc3scc(C)n23)ccc1O. The molecule has 2 N–H and O–H groups in total. The van der Waals surface area contributed by atoms with Gasteiger partial charge < -0.3 is 10.4 Å². The van der Waals surface area contributed by atoms with E-state index in [4.69, 9.17) is 0 Å². The Kier molecular flexibility index (Phi) is 3.14. The number of aryl methyl sites for hydroxylation is 3. The Bertz CT molecular complexity index is 773. The van der Waals surface area contributed by atoms with E-state index in [0.29, 0.717) is 5.75 Å². The first kappa shape index (κ1) is 13.0. The van der Waals surface area contributed by atoms with Crippen LogP contribution in [0.5, 0.6) is 5.75 Å². The van der Waals surface area contributed by atoms with Crippen LogP contribution in [0, 0.1) is 20.8 Å². The number of benzene rings is 1. The average Bonchev–Trinajstić information content (AvgIpc) is 2.91. The highest BCUT2D eigenvalue weighted by atomic mass is 32.1. The summed E-state index contributed by atoms with van der Waals surface area (Å²) in [5.74, 6) is 0.326. The van der Waals surface area contributed by atoms with E-state index in [2.05, 4.69) is 27.0 Å². The molecule has 0 aliphatic heterocycles. The molecule has 0 unspecified atom stereocenters. The molecule has 0 aliphatic carbocycles. The van der Waals surface area contributed by atoms with Crippen LogP contribution in [0.15, 0.2) is 23.6 Å². The minimum atomic E-state index is 0.326. The normalized spacial score (nSPS) is 11.2. The second-order valence-corrected chi connectivity index (χ2v) is 5.83. The fraction of sp³-hybridized carbons (Fsp3) is 0.267. The number of anilines is 1. The zero-order valence-electron chi connectivity index (χ0n) is 11.8. The molecule has 20 heavy (non-hydrogen) atoms. The molecule has 0 saturated carbocycles. The molecule has 104 valence electrons. The molecule has 3 aromatic rings. The summed E-state index contributed by atoms with van der Waals surface area (Å²) in [5.41, 5.74) is 5.33. The van der Waals surface area contributed by atoms with Crippen molar-refractivity contribution < 1.29 is 5.11 Å². The minimum Gasteiger partial charge on any atom is -0.508 e. The summed E-state index contributed by atoms with van der Waals surface area (Å²) in [6.45, 7) is 6.75. The number of hydrogen-bond acceptors (Lipinski definition) is 4. The third kappa shape index (κ3) is 2.14. The second kappa shape index (κ2) is 4.83. The summed E-state index contributed by atoms with van der Waals surface area (Å²) in [6, 6.07) is 5.55. The number of nitrogens with zero attached hydrogens (tertiary/aromatic N) is 2. The van der Waals surface area contributed by atoms with Crippen molar-refractivity contribution in [3.63, 3.8) is 0 Å². The van der Waals surface area contributed by atoms with Gasteiger partial charge in [-0.1, -0.05) is 0 Å². The fourth-order valence-electron chi connectivity index (χ4n) is 2.33. The van der Waals surface area contributed by atoms with Crippen molar-refractivity contribution in [2.45, 2.75) is 27.3 Å². The molecule has 0 amide bonds. The van der Waals surface area contributed by atoms with Gasteiger partial charge in [-0.3, -0.25) is 4.40 Å². The summed E-state index contributed by atoms with van der Waals surface area (Å²) in [4.78, 5) is 5.62. The lowest BCUT2D eigenvalue weighted by atomic mass is 10.2. The van der Waals surface area contributed by atoms with E-state index >= 15 is 0 Å². The van der Waals surface area contributed by atoms with Gasteiger partial charge in [-0.05, 0) is 44.5 Å². The zero-order chi connectivity index (χ0) is 14.3. The van der Waals surface area contributed by atoms with E-state index in [1.54, 1.807) is 17.4 Å². The smallest absolute Gasteiger partial charge is 0.194 e. The summed E-state index contributed by atoms with van der Waals surface area (Å²) in [6.07, 6.45) is 0. The number of imidazole rings is 1. The van der Waals surface area contributed by atoms with Crippen LogP contribution in [-0.2, 0) is 6.54 Å². The highest BCUT2D eigenvalue weighted by Crippen LogP contribution is 2.23. The molecule has 0 saturated heterocycles. The van der Waals surface area contributed by atoms with Crippen LogP contribution >= 0.6 is 11.3 Å². The van der Waals surface area contributed by atoms with Crippen LogP contribution in [0.4, 0.5) is 5.69 Å². The maximum absolute atomic E-state index is 9.55. The monoisotopic (exact) mass is 287 g/mol. The third-order valence-electron chi connectivity index (χ3n) is 3.49. The van der Waals surface area contributed by atoms with Gasteiger partial charge in [-0.25, -0.2) is 4.98 Å². The lowest BCUT2D eigenvalue weighted by Crippen LogP contribution is -2.04. The van der Waals surface area contributed by atoms with Crippen molar-refractivity contribution in [3.8, 4) is 5.75 Å². The van der Waals surface area contributed by atoms with E-state index in [1.807, 2.05) is 26.0 Å². The average molecular weight is 287 g/mol. The molecule has 0 aliphatic rings. The highest BCUT2D eigenvalue weighted by molar-refractivity contribution is 7.15. The Morgan fingerprint density at radius 3 is 2.85 bits per heavy atom. The number of nitrogens with one attached hydrogen (secondary N) is 1. The molecular weight excluding hydrogens is 270 g/mol. The van der Waals surface area contributed by atoms with Crippen molar-refractivity contribution in [1.82, 2.24) is 9.38 Å². The minimum absolute atomic E-state index is 0.326. The lowest BCUT2D eigenvalue weighted by Gasteiger charge is -2.09. The summed E-state index contributed by atoms with van der Waals surface area (Å²) in [5, 5.41) is 15.1. The molecule has 0 fully saturated rings. The van der Waals surface area contributed by atoms with Crippen molar-refractivity contribution in [2.75, 3.05) is 5.32 Å². The Balaban J connectivity index is 1.88. The number of phenolic OH excluding ortho intramolecular Hbond substituents is 1. The van der Waals surface area contributed by atoms with Crippen molar-refractivity contribution in [2.24, 2.45) is 0 Å². The second-order valence-electron chi connectivity index (χ2n) is 4.99. The fourth-order valence-corrected chi connectivity index (χ4v) is 3.26. The van der Waals surface area contributed by atoms with Crippen molar-refractivity contribution in [3.05, 3.63) is 46.2 Å². The lowest BCUT2D eigenvalue weighted by molar-refractivity contribution is 0.471. The maximum Gasteiger partial charge on any atom is 0.194 e. The molecule has 0 spiro atoms. The summed E-state index contributed by atoms with van der Waals surface area (Å²) in [7, 11) is 0. The number of rotatable bonds is 3. The van der Waals surface area contributed by atoms with E-state index in [0.717, 1.165) is 28.5 Å². The van der Waals surface area contributed by atoms with Gasteiger partial charge in [0, 0.05) is 16.8 Å². The first-order valence-electron chi connectivity index (χ1n) is 6.52. The van der Waals surface area contributed by atoms with Gasteiger partial charge in [0.15, 0.2) is 4.96 Å². The summed E-state index contributed by atoms with van der Waals surface area (Å²) < 4.78 is 2.19. The number of thiazole rings is 1. The van der Waals surface area contributed by atoms with Gasteiger partial charge in [-0.15, -0.1) is 11.3 Å². The van der Waals surface area contributed by atoms with E-state index in [1.165, 1.54) is 11.4 Å². The van der Waals surface area contributed by atoms with E-state index in [-0.39, 0.29) is 0 Å². The Labute approximate surface area is 121 Å². The standard InChI is InChI=1S/C15H17N3OS/c1-9-6-12(4-5-14(9)19)16-7-13-11(3)17-15-18(13)10(2)8-20-15/h4-6,8,16,19H,7H2,1-3H3. The number of aromatic nitrogens is 2. The van der Waals surface area contributed by atoms with Gasteiger partial charge in [0.1, 0.15) is 5.75 Å². The molecule has 3 rings (SSSR count). The topological polar surface area (TPSA) is 49.6 Å². The molecule has 1 aromatic carbocycles. The Hall–Kier alpha value is -2.01. The number of hydrogen-bond donors (Lipinski definition) is 2. The van der Waals surface area contributed by atoms with Crippen molar-refractivity contribution >= 4 is 22.0 Å². The van der Waals surface area contributed by atoms with Crippen LogP contribution in [0.3, 0.4) is 0 Å². The maximum atomic E-state index is 9.55. The predicted octanol–water partition coefficient (Wildman–Crippen LogP) is 3.64. The van der Waals surface area contributed by atoms with Gasteiger partial charge in [0.25, 0.3) is 0 Å². The third-order valence-corrected chi connectivity index (χ3v) is 4.43. The first-order chi connectivity index (χ1) is 9.56. The molecule has 2 aromatic heterocycles. The predicted molar refractivity (Wildman–Crippen MR) is 82.7 cm³/mol. The number of aromatic hydroxyl groups is 1. The molecular formula is C15H17N3OS. The Morgan fingerprint density at radius 2 is 2.10 bits per heavy atom. The first-order valence-corrected chi connectivity index (χ1v) is 7.39. The molecule has 0 atom stereocenters. The quantitative estimate of drug-likeness (QED) is 0.723. The highest BCUT2D eigenvalue weighted by Gasteiger charge is 2.11. The largest absolute Gasteiger partial charge is 0.508 e. The number of phenols is 1. The van der Waals surface area contributed by atoms with Crippen LogP contribution in [0.25, 0.3) is 4.96 Å². The van der Waals surface area contributed by atoms with Gasteiger partial charge in [-0.2, -0.15) is 0 Å². The Morgan fingerprint density at radius 1 is 1.30 bits per heavy atom. The van der Waals surface area contributed by atoms with Crippen molar-refractivity contribution in [1.29, 1.82) is 0 Å². The van der Waals surface area contributed by atoms with Crippen LogP contribution in [0.1, 0.15) is 22.6 Å². The summed E-state index contributed by atoms with van der Waals surface area (Å²) >= 11 is 1.67. The molecule has 2 heterocycles. The van der Waals surface area contributed by atoms with E-state index < -0.39 is 0 Å². The zero-order valence-corrected chi connectivity index (χ0v) is 12.6.